The third kappa shape index (κ3) is 6.42. The summed E-state index contributed by atoms with van der Waals surface area (Å²) < 4.78 is 8.12. The largest absolute Gasteiger partial charge is 0.439 e. The minimum absolute atomic E-state index is 0.318. The molecule has 1 aromatic heterocycles. The van der Waals surface area contributed by atoms with E-state index in [0.717, 1.165) is 60.7 Å². The molecule has 5 nitrogen and oxygen atoms in total. The van der Waals surface area contributed by atoms with Gasteiger partial charge in [-0.15, -0.1) is 0 Å². The van der Waals surface area contributed by atoms with Crippen LogP contribution in [0, 0.1) is 0 Å². The average molecular weight is 422 g/mol. The highest BCUT2D eigenvalue weighted by Gasteiger charge is 2.23. The molecule has 0 fully saturated rings. The lowest BCUT2D eigenvalue weighted by Crippen LogP contribution is -2.33. The van der Waals surface area contributed by atoms with E-state index >= 15 is 0 Å². The van der Waals surface area contributed by atoms with Gasteiger partial charge in [0.2, 0.25) is 5.88 Å². The van der Waals surface area contributed by atoms with Crippen molar-refractivity contribution in [1.82, 2.24) is 14.7 Å². The van der Waals surface area contributed by atoms with Gasteiger partial charge in [0.05, 0.1) is 11.7 Å². The maximum Gasteiger partial charge on any atom is 0.222 e. The number of hydrogen-bond donors (Lipinski definition) is 1. The van der Waals surface area contributed by atoms with Gasteiger partial charge in [0, 0.05) is 25.7 Å². The lowest BCUT2D eigenvalue weighted by atomic mass is 10.1. The van der Waals surface area contributed by atoms with E-state index in [1.807, 2.05) is 60.3 Å². The zero-order chi connectivity index (χ0) is 22.1. The molecular formula is C26H35N3O2. The van der Waals surface area contributed by atoms with Crippen molar-refractivity contribution in [1.29, 1.82) is 0 Å². The summed E-state index contributed by atoms with van der Waals surface area (Å²) in [5.74, 6) is 1.53. The second kappa shape index (κ2) is 11.7. The molecule has 3 aromatic rings. The first kappa shape index (κ1) is 23.0. The lowest BCUT2D eigenvalue weighted by molar-refractivity contribution is 0.0992. The first-order valence-corrected chi connectivity index (χ1v) is 11.4. The van der Waals surface area contributed by atoms with Crippen LogP contribution in [0.25, 0.3) is 11.3 Å². The van der Waals surface area contributed by atoms with E-state index in [1.165, 1.54) is 0 Å². The average Bonchev–Trinajstić information content (AvgIpc) is 3.09. The van der Waals surface area contributed by atoms with E-state index in [-0.39, 0.29) is 6.10 Å². The van der Waals surface area contributed by atoms with Gasteiger partial charge in [0.15, 0.2) is 0 Å². The topological polar surface area (TPSA) is 50.5 Å². The summed E-state index contributed by atoms with van der Waals surface area (Å²) in [6, 6.07) is 20.1. The summed E-state index contributed by atoms with van der Waals surface area (Å²) in [7, 11) is 1.93. The molecule has 5 heteroatoms. The number of rotatable bonds is 12. The lowest BCUT2D eigenvalue weighted by Gasteiger charge is -2.25. The fourth-order valence-corrected chi connectivity index (χ4v) is 3.85. The molecule has 0 aliphatic carbocycles. The van der Waals surface area contributed by atoms with Crippen LogP contribution in [0.5, 0.6) is 11.6 Å². The molecule has 0 unspecified atom stereocenters. The Balaban J connectivity index is 1.94. The molecule has 1 atom stereocenters. The van der Waals surface area contributed by atoms with E-state index in [9.17, 15) is 5.11 Å². The number of aliphatic hydroxyl groups excluding tert-OH is 1. The molecule has 0 radical (unpaired) electrons. The Bertz CT molecular complexity index is 909. The van der Waals surface area contributed by atoms with Gasteiger partial charge in [-0.25, -0.2) is 4.68 Å². The number of unbranched alkanes of at least 4 members (excludes halogenated alkanes) is 1. The third-order valence-electron chi connectivity index (χ3n) is 5.37. The van der Waals surface area contributed by atoms with Crippen LogP contribution in [-0.4, -0.2) is 39.0 Å². The van der Waals surface area contributed by atoms with Crippen LogP contribution < -0.4 is 4.74 Å². The van der Waals surface area contributed by atoms with Crippen LogP contribution in [0.1, 0.15) is 45.1 Å². The fourth-order valence-electron chi connectivity index (χ4n) is 3.85. The van der Waals surface area contributed by atoms with Gasteiger partial charge >= 0.3 is 0 Å². The molecule has 2 aromatic carbocycles. The van der Waals surface area contributed by atoms with Gasteiger partial charge in [-0.1, -0.05) is 75.2 Å². The van der Waals surface area contributed by atoms with Crippen molar-refractivity contribution in [2.24, 2.45) is 7.05 Å². The molecule has 31 heavy (non-hydrogen) atoms. The van der Waals surface area contributed by atoms with Crippen molar-refractivity contribution < 1.29 is 9.84 Å². The number of nitrogens with zero attached hydrogens (tertiary/aromatic N) is 3. The van der Waals surface area contributed by atoms with Gasteiger partial charge in [-0.3, -0.25) is 4.90 Å². The monoisotopic (exact) mass is 421 g/mol. The van der Waals surface area contributed by atoms with Crippen LogP contribution in [0.4, 0.5) is 0 Å². The number of aryl methyl sites for hydroxylation is 1. The number of hydrogen-bond acceptors (Lipinski definition) is 4. The molecule has 166 valence electrons. The summed E-state index contributed by atoms with van der Waals surface area (Å²) >= 11 is 0. The van der Waals surface area contributed by atoms with Crippen molar-refractivity contribution >= 4 is 0 Å². The van der Waals surface area contributed by atoms with Gasteiger partial charge in [-0.2, -0.15) is 5.10 Å². The van der Waals surface area contributed by atoms with Crippen molar-refractivity contribution in [3.8, 4) is 22.9 Å². The molecule has 0 saturated heterocycles. The summed E-state index contributed by atoms with van der Waals surface area (Å²) in [5.41, 5.74) is 3.05. The quantitative estimate of drug-likeness (QED) is 0.411. The SMILES string of the molecule is CCCC[C@H](O)CN(CCC)Cc1c(-c2ccccc2)nn(C)c1Oc1ccccc1. The molecule has 0 spiro atoms. The van der Waals surface area contributed by atoms with E-state index < -0.39 is 0 Å². The molecule has 0 aliphatic rings. The van der Waals surface area contributed by atoms with Gasteiger partial charge in [0.25, 0.3) is 0 Å². The first-order chi connectivity index (χ1) is 15.1. The Labute approximate surface area is 186 Å². The molecule has 0 bridgehead atoms. The Morgan fingerprint density at radius 3 is 2.32 bits per heavy atom. The first-order valence-electron chi connectivity index (χ1n) is 11.4. The minimum atomic E-state index is -0.318. The van der Waals surface area contributed by atoms with Crippen LogP contribution in [0.15, 0.2) is 60.7 Å². The van der Waals surface area contributed by atoms with Crippen LogP contribution in [0.2, 0.25) is 0 Å². The number of benzene rings is 2. The maximum absolute atomic E-state index is 10.6. The number of para-hydroxylation sites is 1. The molecule has 0 aliphatic heterocycles. The highest BCUT2D eigenvalue weighted by Crippen LogP contribution is 2.34. The highest BCUT2D eigenvalue weighted by atomic mass is 16.5. The molecule has 1 N–H and O–H groups in total. The van der Waals surface area contributed by atoms with Crippen molar-refractivity contribution in [3.05, 3.63) is 66.2 Å². The number of aliphatic hydroxyl groups is 1. The molecule has 0 amide bonds. The fraction of sp³-hybridized carbons (Fsp3) is 0.423. The van der Waals surface area contributed by atoms with E-state index in [2.05, 4.69) is 30.9 Å². The Kier molecular flexibility index (Phi) is 8.68. The summed E-state index contributed by atoms with van der Waals surface area (Å²) in [6.07, 6.45) is 3.69. The predicted octanol–water partition coefficient (Wildman–Crippen LogP) is 5.64. The number of aromatic nitrogens is 2. The van der Waals surface area contributed by atoms with Gasteiger partial charge in [0.1, 0.15) is 11.4 Å². The minimum Gasteiger partial charge on any atom is -0.439 e. The standard InChI is InChI=1S/C26H35N3O2/c1-4-6-15-22(30)19-29(18-5-2)20-24-25(21-13-9-7-10-14-21)27-28(3)26(24)31-23-16-11-8-12-17-23/h7-14,16-17,22,30H,4-6,15,18-20H2,1-3H3/t22-/m0/s1. The Morgan fingerprint density at radius 1 is 1.00 bits per heavy atom. The molecular weight excluding hydrogens is 386 g/mol. The van der Waals surface area contributed by atoms with E-state index in [0.29, 0.717) is 13.1 Å². The summed E-state index contributed by atoms with van der Waals surface area (Å²) in [5, 5.41) is 15.4. The molecule has 1 heterocycles. The van der Waals surface area contributed by atoms with Gasteiger partial charge < -0.3 is 9.84 Å². The van der Waals surface area contributed by atoms with Crippen LogP contribution in [0.3, 0.4) is 0 Å². The second-order valence-corrected chi connectivity index (χ2v) is 8.07. The second-order valence-electron chi connectivity index (χ2n) is 8.07. The zero-order valence-corrected chi connectivity index (χ0v) is 19.0. The summed E-state index contributed by atoms with van der Waals surface area (Å²) in [4.78, 5) is 2.32. The number of ether oxygens (including phenoxy) is 1. The van der Waals surface area contributed by atoms with Crippen LogP contribution in [-0.2, 0) is 13.6 Å². The van der Waals surface area contributed by atoms with Crippen LogP contribution >= 0.6 is 0 Å². The Hall–Kier alpha value is -2.63. The van der Waals surface area contributed by atoms with Gasteiger partial charge in [-0.05, 0) is 31.5 Å². The Morgan fingerprint density at radius 2 is 1.68 bits per heavy atom. The maximum atomic E-state index is 10.6. The van der Waals surface area contributed by atoms with Crippen molar-refractivity contribution in [2.75, 3.05) is 13.1 Å². The van der Waals surface area contributed by atoms with Crippen molar-refractivity contribution in [3.63, 3.8) is 0 Å². The highest BCUT2D eigenvalue weighted by molar-refractivity contribution is 5.65. The molecule has 0 saturated carbocycles. The summed E-state index contributed by atoms with van der Waals surface area (Å²) in [6.45, 7) is 6.58. The zero-order valence-electron chi connectivity index (χ0n) is 19.0. The smallest absolute Gasteiger partial charge is 0.222 e. The normalized spacial score (nSPS) is 12.3. The van der Waals surface area contributed by atoms with E-state index in [1.54, 1.807) is 0 Å². The molecule has 3 rings (SSSR count). The predicted molar refractivity (Wildman–Crippen MR) is 126 cm³/mol. The van der Waals surface area contributed by atoms with E-state index in [4.69, 9.17) is 9.84 Å². The van der Waals surface area contributed by atoms with Crippen molar-refractivity contribution in [2.45, 2.75) is 52.2 Å². The third-order valence-corrected chi connectivity index (χ3v) is 5.37.